The molecular weight excluding hydrogens is 210 g/mol. The fourth-order valence-electron chi connectivity index (χ4n) is 1.95. The lowest BCUT2D eigenvalue weighted by molar-refractivity contribution is 0.0993. The van der Waals surface area contributed by atoms with E-state index in [0.29, 0.717) is 12.1 Å². The smallest absolute Gasteiger partial charge is 0.125 e. The summed E-state index contributed by atoms with van der Waals surface area (Å²) in [7, 11) is 0. The van der Waals surface area contributed by atoms with Crippen molar-refractivity contribution >= 4 is 11.6 Å². The highest BCUT2D eigenvalue weighted by atomic mass is 35.5. The summed E-state index contributed by atoms with van der Waals surface area (Å²) in [5.41, 5.74) is 7.92. The maximum Gasteiger partial charge on any atom is 0.125 e. The second kappa shape index (κ2) is 4.03. The fourth-order valence-corrected chi connectivity index (χ4v) is 2.28. The van der Waals surface area contributed by atoms with Gasteiger partial charge in [-0.05, 0) is 49.9 Å². The van der Waals surface area contributed by atoms with Crippen molar-refractivity contribution < 1.29 is 4.74 Å². The van der Waals surface area contributed by atoms with Crippen LogP contribution in [0.3, 0.4) is 0 Å². The molecule has 1 fully saturated rings. The van der Waals surface area contributed by atoms with Gasteiger partial charge >= 0.3 is 0 Å². The Balaban J connectivity index is 2.14. The van der Waals surface area contributed by atoms with Gasteiger partial charge in [0.25, 0.3) is 0 Å². The van der Waals surface area contributed by atoms with E-state index in [2.05, 4.69) is 0 Å². The van der Waals surface area contributed by atoms with E-state index in [4.69, 9.17) is 22.1 Å². The highest BCUT2D eigenvalue weighted by Crippen LogP contribution is 2.31. The topological polar surface area (TPSA) is 35.2 Å². The lowest BCUT2D eigenvalue weighted by atomic mass is 9.90. The van der Waals surface area contributed by atoms with Crippen molar-refractivity contribution in [2.75, 3.05) is 0 Å². The molecule has 0 radical (unpaired) electrons. The molecule has 0 amide bonds. The molecule has 0 bridgehead atoms. The Hall–Kier alpha value is -0.730. The molecule has 1 saturated carbocycles. The van der Waals surface area contributed by atoms with E-state index in [-0.39, 0.29) is 0 Å². The molecule has 2 nitrogen and oxygen atoms in total. The van der Waals surface area contributed by atoms with Gasteiger partial charge in [0.05, 0.1) is 0 Å². The molecular formula is C12H16ClNO. The van der Waals surface area contributed by atoms with Crippen LogP contribution < -0.4 is 10.5 Å². The standard InChI is InChI=1S/C12H16ClNO/c1-7-3-9(13)4-8(2)12(7)15-11-5-10(14)6-11/h3-4,10-11H,5-6,14H2,1-2H3. The average molecular weight is 226 g/mol. The number of rotatable bonds is 2. The zero-order valence-corrected chi connectivity index (χ0v) is 9.84. The van der Waals surface area contributed by atoms with Gasteiger partial charge in [0.15, 0.2) is 0 Å². The first kappa shape index (κ1) is 10.8. The van der Waals surface area contributed by atoms with Crippen LogP contribution in [-0.4, -0.2) is 12.1 Å². The van der Waals surface area contributed by atoms with Gasteiger partial charge in [0.1, 0.15) is 11.9 Å². The number of ether oxygens (including phenoxy) is 1. The minimum Gasteiger partial charge on any atom is -0.490 e. The van der Waals surface area contributed by atoms with Crippen LogP contribution in [0.15, 0.2) is 12.1 Å². The molecule has 0 saturated heterocycles. The zero-order valence-electron chi connectivity index (χ0n) is 9.09. The van der Waals surface area contributed by atoms with Crippen LogP contribution in [0.4, 0.5) is 0 Å². The van der Waals surface area contributed by atoms with Crippen molar-refractivity contribution in [3.8, 4) is 5.75 Å². The van der Waals surface area contributed by atoms with Gasteiger partial charge in [-0.2, -0.15) is 0 Å². The van der Waals surface area contributed by atoms with Crippen LogP contribution in [0.5, 0.6) is 5.75 Å². The van der Waals surface area contributed by atoms with Crippen LogP contribution in [0.2, 0.25) is 5.02 Å². The van der Waals surface area contributed by atoms with Crippen LogP contribution >= 0.6 is 11.6 Å². The first-order valence-electron chi connectivity index (χ1n) is 5.25. The Morgan fingerprint density at radius 2 is 1.80 bits per heavy atom. The van der Waals surface area contributed by atoms with E-state index in [1.807, 2.05) is 26.0 Å². The molecule has 3 heteroatoms. The summed E-state index contributed by atoms with van der Waals surface area (Å²) in [5.74, 6) is 0.969. The summed E-state index contributed by atoms with van der Waals surface area (Å²) in [6.45, 7) is 4.04. The first-order valence-corrected chi connectivity index (χ1v) is 5.63. The van der Waals surface area contributed by atoms with E-state index in [1.54, 1.807) is 0 Å². The molecule has 1 aromatic carbocycles. The second-order valence-corrected chi connectivity index (χ2v) is 4.78. The van der Waals surface area contributed by atoms with Crippen LogP contribution in [-0.2, 0) is 0 Å². The number of halogens is 1. The van der Waals surface area contributed by atoms with Crippen LogP contribution in [0, 0.1) is 13.8 Å². The molecule has 1 aliphatic carbocycles. The zero-order chi connectivity index (χ0) is 11.0. The van der Waals surface area contributed by atoms with Gasteiger partial charge < -0.3 is 10.5 Å². The summed E-state index contributed by atoms with van der Waals surface area (Å²) in [6.07, 6.45) is 2.21. The Morgan fingerprint density at radius 1 is 1.27 bits per heavy atom. The third-order valence-electron chi connectivity index (χ3n) is 2.84. The lowest BCUT2D eigenvalue weighted by Crippen LogP contribution is -2.43. The summed E-state index contributed by atoms with van der Waals surface area (Å²) in [6, 6.07) is 4.19. The quantitative estimate of drug-likeness (QED) is 0.840. The summed E-state index contributed by atoms with van der Waals surface area (Å²) < 4.78 is 5.90. The molecule has 0 spiro atoms. The van der Waals surface area contributed by atoms with Crippen LogP contribution in [0.25, 0.3) is 0 Å². The van der Waals surface area contributed by atoms with Crippen LogP contribution in [0.1, 0.15) is 24.0 Å². The molecule has 1 aromatic rings. The molecule has 1 aliphatic rings. The lowest BCUT2D eigenvalue weighted by Gasteiger charge is -2.33. The molecule has 15 heavy (non-hydrogen) atoms. The molecule has 2 rings (SSSR count). The monoisotopic (exact) mass is 225 g/mol. The van der Waals surface area contributed by atoms with Crippen molar-refractivity contribution in [1.82, 2.24) is 0 Å². The van der Waals surface area contributed by atoms with Crippen molar-refractivity contribution in [1.29, 1.82) is 0 Å². The Labute approximate surface area is 95.4 Å². The number of hydrogen-bond donors (Lipinski definition) is 1. The maximum absolute atomic E-state index is 5.95. The molecule has 0 aliphatic heterocycles. The van der Waals surface area contributed by atoms with Gasteiger partial charge in [-0.15, -0.1) is 0 Å². The predicted octanol–water partition coefficient (Wildman–Crippen LogP) is 2.83. The molecule has 82 valence electrons. The highest BCUT2D eigenvalue weighted by molar-refractivity contribution is 6.30. The van der Waals surface area contributed by atoms with Crippen molar-refractivity contribution in [3.05, 3.63) is 28.3 Å². The summed E-state index contributed by atoms with van der Waals surface area (Å²) in [4.78, 5) is 0. The normalized spacial score (nSPS) is 24.8. The highest BCUT2D eigenvalue weighted by Gasteiger charge is 2.28. The summed E-state index contributed by atoms with van der Waals surface area (Å²) >= 11 is 5.95. The number of aryl methyl sites for hydroxylation is 2. The molecule has 0 aromatic heterocycles. The molecule has 2 N–H and O–H groups in total. The SMILES string of the molecule is Cc1cc(Cl)cc(C)c1OC1CC(N)C1. The molecule has 0 heterocycles. The average Bonchev–Trinajstić information content (AvgIpc) is 2.07. The Morgan fingerprint density at radius 3 is 2.27 bits per heavy atom. The summed E-state index contributed by atoms with van der Waals surface area (Å²) in [5, 5.41) is 0.766. The van der Waals surface area contributed by atoms with Crippen molar-refractivity contribution in [3.63, 3.8) is 0 Å². The first-order chi connectivity index (χ1) is 7.06. The van der Waals surface area contributed by atoms with Gasteiger partial charge in [-0.1, -0.05) is 11.6 Å². The van der Waals surface area contributed by atoms with E-state index in [9.17, 15) is 0 Å². The second-order valence-electron chi connectivity index (χ2n) is 4.34. The van der Waals surface area contributed by atoms with Gasteiger partial charge in [0.2, 0.25) is 0 Å². The van der Waals surface area contributed by atoms with E-state index in [0.717, 1.165) is 34.7 Å². The van der Waals surface area contributed by atoms with Crippen molar-refractivity contribution in [2.45, 2.75) is 38.8 Å². The fraction of sp³-hybridized carbons (Fsp3) is 0.500. The number of nitrogens with two attached hydrogens (primary N) is 1. The maximum atomic E-state index is 5.95. The predicted molar refractivity (Wildman–Crippen MR) is 62.6 cm³/mol. The van der Waals surface area contributed by atoms with E-state index >= 15 is 0 Å². The Kier molecular flexibility index (Phi) is 2.89. The third-order valence-corrected chi connectivity index (χ3v) is 3.06. The van der Waals surface area contributed by atoms with E-state index in [1.165, 1.54) is 0 Å². The number of hydrogen-bond acceptors (Lipinski definition) is 2. The Bertz CT molecular complexity index is 349. The minimum absolute atomic E-state index is 0.290. The molecule has 0 unspecified atom stereocenters. The molecule has 0 atom stereocenters. The van der Waals surface area contributed by atoms with Gasteiger partial charge in [0, 0.05) is 11.1 Å². The van der Waals surface area contributed by atoms with Crippen molar-refractivity contribution in [2.24, 2.45) is 5.73 Å². The van der Waals surface area contributed by atoms with E-state index < -0.39 is 0 Å². The largest absolute Gasteiger partial charge is 0.490 e. The third kappa shape index (κ3) is 2.27. The minimum atomic E-state index is 0.290. The number of benzene rings is 1. The van der Waals surface area contributed by atoms with Gasteiger partial charge in [-0.25, -0.2) is 0 Å². The van der Waals surface area contributed by atoms with Gasteiger partial charge in [-0.3, -0.25) is 0 Å².